The molecule has 1 aromatic carbocycles. The van der Waals surface area contributed by atoms with E-state index in [0.29, 0.717) is 18.3 Å². The maximum atomic E-state index is 11.3. The molecule has 0 saturated heterocycles. The molecule has 16 heavy (non-hydrogen) atoms. The molecule has 0 fully saturated rings. The predicted octanol–water partition coefficient (Wildman–Crippen LogP) is 3.06. The van der Waals surface area contributed by atoms with Gasteiger partial charge in [-0.1, -0.05) is 44.2 Å². The van der Waals surface area contributed by atoms with E-state index < -0.39 is 0 Å². The molecule has 0 radical (unpaired) electrons. The molecular formula is C14H20O2. The number of carbonyl (C=O) groups excluding carboxylic acids is 1. The first-order chi connectivity index (χ1) is 7.63. The quantitative estimate of drug-likeness (QED) is 0.713. The van der Waals surface area contributed by atoms with Crippen LogP contribution in [0.1, 0.15) is 25.8 Å². The molecule has 0 saturated carbocycles. The van der Waals surface area contributed by atoms with Crippen LogP contribution in [0.15, 0.2) is 30.3 Å². The normalized spacial score (nSPS) is 12.5. The van der Waals surface area contributed by atoms with Crippen LogP contribution in [0, 0.1) is 11.8 Å². The van der Waals surface area contributed by atoms with Gasteiger partial charge in [-0.3, -0.25) is 4.79 Å². The first-order valence-electron chi connectivity index (χ1n) is 5.74. The van der Waals surface area contributed by atoms with Crippen LogP contribution in [0.2, 0.25) is 0 Å². The highest BCUT2D eigenvalue weighted by Crippen LogP contribution is 2.21. The molecule has 0 amide bonds. The van der Waals surface area contributed by atoms with Crippen LogP contribution in [-0.2, 0) is 16.0 Å². The van der Waals surface area contributed by atoms with E-state index in [1.165, 1.54) is 12.7 Å². The number of hydrogen-bond acceptors (Lipinski definition) is 2. The van der Waals surface area contributed by atoms with Crippen LogP contribution in [0.4, 0.5) is 0 Å². The van der Waals surface area contributed by atoms with Gasteiger partial charge in [-0.2, -0.15) is 0 Å². The van der Waals surface area contributed by atoms with Crippen molar-refractivity contribution in [1.29, 1.82) is 0 Å². The highest BCUT2D eigenvalue weighted by Gasteiger charge is 2.18. The van der Waals surface area contributed by atoms with Crippen LogP contribution in [0.5, 0.6) is 0 Å². The number of ether oxygens (including phenoxy) is 1. The van der Waals surface area contributed by atoms with E-state index in [1.807, 2.05) is 18.2 Å². The van der Waals surface area contributed by atoms with E-state index >= 15 is 0 Å². The Bertz CT molecular complexity index is 317. The van der Waals surface area contributed by atoms with E-state index in [0.717, 1.165) is 6.42 Å². The molecule has 0 aliphatic carbocycles. The third kappa shape index (κ3) is 4.05. The Morgan fingerprint density at radius 2 is 1.88 bits per heavy atom. The Balaban J connectivity index is 2.62. The summed E-state index contributed by atoms with van der Waals surface area (Å²) >= 11 is 0. The lowest BCUT2D eigenvalue weighted by Gasteiger charge is -2.19. The maximum Gasteiger partial charge on any atom is 0.305 e. The summed E-state index contributed by atoms with van der Waals surface area (Å²) in [5, 5.41) is 0. The average Bonchev–Trinajstić information content (AvgIpc) is 2.29. The molecule has 0 bridgehead atoms. The lowest BCUT2D eigenvalue weighted by atomic mass is 9.87. The fraction of sp³-hybridized carbons (Fsp3) is 0.500. The number of rotatable bonds is 5. The van der Waals surface area contributed by atoms with Crippen molar-refractivity contribution < 1.29 is 9.53 Å². The highest BCUT2D eigenvalue weighted by molar-refractivity contribution is 5.69. The van der Waals surface area contributed by atoms with Crippen molar-refractivity contribution >= 4 is 5.97 Å². The zero-order chi connectivity index (χ0) is 12.0. The van der Waals surface area contributed by atoms with E-state index in [1.54, 1.807) is 0 Å². The number of benzene rings is 1. The van der Waals surface area contributed by atoms with Gasteiger partial charge in [0.25, 0.3) is 0 Å². The SMILES string of the molecule is COC(=O)CC(Cc1ccccc1)C(C)C. The molecule has 1 aromatic rings. The number of esters is 1. The summed E-state index contributed by atoms with van der Waals surface area (Å²) in [6.45, 7) is 4.30. The lowest BCUT2D eigenvalue weighted by molar-refractivity contribution is -0.142. The molecule has 0 aliphatic heterocycles. The Hall–Kier alpha value is -1.31. The van der Waals surface area contributed by atoms with Crippen molar-refractivity contribution in [1.82, 2.24) is 0 Å². The van der Waals surface area contributed by atoms with Crippen molar-refractivity contribution in [3.63, 3.8) is 0 Å². The van der Waals surface area contributed by atoms with E-state index in [-0.39, 0.29) is 5.97 Å². The van der Waals surface area contributed by atoms with Gasteiger partial charge < -0.3 is 4.74 Å². The fourth-order valence-electron chi connectivity index (χ4n) is 1.76. The maximum absolute atomic E-state index is 11.3. The summed E-state index contributed by atoms with van der Waals surface area (Å²) < 4.78 is 4.73. The van der Waals surface area contributed by atoms with Gasteiger partial charge in [-0.25, -0.2) is 0 Å². The van der Waals surface area contributed by atoms with Crippen LogP contribution < -0.4 is 0 Å². The van der Waals surface area contributed by atoms with Crippen LogP contribution in [-0.4, -0.2) is 13.1 Å². The van der Waals surface area contributed by atoms with Gasteiger partial charge >= 0.3 is 5.97 Å². The first-order valence-corrected chi connectivity index (χ1v) is 5.74. The van der Waals surface area contributed by atoms with Gasteiger partial charge in [0, 0.05) is 6.42 Å². The predicted molar refractivity (Wildman–Crippen MR) is 65.1 cm³/mol. The third-order valence-corrected chi connectivity index (χ3v) is 2.94. The Kier molecular flexibility index (Phi) is 5.03. The van der Waals surface area contributed by atoms with E-state index in [4.69, 9.17) is 4.74 Å². The zero-order valence-corrected chi connectivity index (χ0v) is 10.3. The molecule has 1 atom stereocenters. The number of hydrogen-bond donors (Lipinski definition) is 0. The van der Waals surface area contributed by atoms with Crippen LogP contribution in [0.25, 0.3) is 0 Å². The summed E-state index contributed by atoms with van der Waals surface area (Å²) in [5.74, 6) is 0.726. The molecule has 1 rings (SSSR count). The molecule has 0 aliphatic rings. The van der Waals surface area contributed by atoms with Gasteiger partial charge in [-0.05, 0) is 23.8 Å². The number of methoxy groups -OCH3 is 1. The second-order valence-corrected chi connectivity index (χ2v) is 4.47. The molecule has 2 heteroatoms. The van der Waals surface area contributed by atoms with Crippen molar-refractivity contribution in [2.45, 2.75) is 26.7 Å². The molecule has 0 heterocycles. The van der Waals surface area contributed by atoms with E-state index in [2.05, 4.69) is 26.0 Å². The first kappa shape index (κ1) is 12.8. The topological polar surface area (TPSA) is 26.3 Å². The molecule has 2 nitrogen and oxygen atoms in total. The number of carbonyl (C=O) groups is 1. The van der Waals surface area contributed by atoms with Crippen molar-refractivity contribution in [2.75, 3.05) is 7.11 Å². The van der Waals surface area contributed by atoms with Gasteiger partial charge in [0.15, 0.2) is 0 Å². The lowest BCUT2D eigenvalue weighted by Crippen LogP contribution is -2.17. The summed E-state index contributed by atoms with van der Waals surface area (Å²) in [6.07, 6.45) is 1.44. The Labute approximate surface area is 97.6 Å². The standard InChI is InChI=1S/C14H20O2/c1-11(2)13(10-14(15)16-3)9-12-7-5-4-6-8-12/h4-8,11,13H,9-10H2,1-3H3. The Morgan fingerprint density at radius 1 is 1.25 bits per heavy atom. The minimum absolute atomic E-state index is 0.116. The minimum Gasteiger partial charge on any atom is -0.469 e. The summed E-state index contributed by atoms with van der Waals surface area (Å²) in [4.78, 5) is 11.3. The minimum atomic E-state index is -0.116. The largest absolute Gasteiger partial charge is 0.469 e. The van der Waals surface area contributed by atoms with Crippen LogP contribution >= 0.6 is 0 Å². The van der Waals surface area contributed by atoms with Gasteiger partial charge in [0.1, 0.15) is 0 Å². The summed E-state index contributed by atoms with van der Waals surface area (Å²) in [5.41, 5.74) is 1.28. The van der Waals surface area contributed by atoms with Crippen LogP contribution in [0.3, 0.4) is 0 Å². The van der Waals surface area contributed by atoms with Crippen molar-refractivity contribution in [2.24, 2.45) is 11.8 Å². The highest BCUT2D eigenvalue weighted by atomic mass is 16.5. The molecule has 0 spiro atoms. The fourth-order valence-corrected chi connectivity index (χ4v) is 1.76. The molecule has 0 N–H and O–H groups in total. The van der Waals surface area contributed by atoms with Gasteiger partial charge in [-0.15, -0.1) is 0 Å². The van der Waals surface area contributed by atoms with Crippen molar-refractivity contribution in [3.05, 3.63) is 35.9 Å². The Morgan fingerprint density at radius 3 is 2.38 bits per heavy atom. The molecule has 0 aromatic heterocycles. The van der Waals surface area contributed by atoms with Crippen molar-refractivity contribution in [3.8, 4) is 0 Å². The molecular weight excluding hydrogens is 200 g/mol. The average molecular weight is 220 g/mol. The molecule has 88 valence electrons. The summed E-state index contributed by atoms with van der Waals surface area (Å²) in [7, 11) is 1.45. The smallest absolute Gasteiger partial charge is 0.305 e. The zero-order valence-electron chi connectivity index (χ0n) is 10.3. The monoisotopic (exact) mass is 220 g/mol. The van der Waals surface area contributed by atoms with Gasteiger partial charge in [0.05, 0.1) is 7.11 Å². The second kappa shape index (κ2) is 6.31. The summed E-state index contributed by atoms with van der Waals surface area (Å²) in [6, 6.07) is 10.3. The van der Waals surface area contributed by atoms with Gasteiger partial charge in [0.2, 0.25) is 0 Å². The second-order valence-electron chi connectivity index (χ2n) is 4.47. The third-order valence-electron chi connectivity index (χ3n) is 2.94. The molecule has 1 unspecified atom stereocenters. The van der Waals surface area contributed by atoms with E-state index in [9.17, 15) is 4.79 Å².